The van der Waals surface area contributed by atoms with Crippen molar-refractivity contribution in [1.29, 1.82) is 0 Å². The number of benzene rings is 2. The first-order chi connectivity index (χ1) is 14.6. The molecular formula is C23H24N4O3. The first-order valence-corrected chi connectivity index (χ1v) is 10.1. The Bertz CT molecular complexity index is 1220. The molecule has 2 aromatic carbocycles. The number of ether oxygens (including phenoxy) is 2. The predicted octanol–water partition coefficient (Wildman–Crippen LogP) is 4.35. The average Bonchev–Trinajstić information content (AvgIpc) is 3.49. The van der Waals surface area contributed by atoms with Crippen LogP contribution < -0.4 is 9.47 Å². The monoisotopic (exact) mass is 404 g/mol. The molecule has 1 fully saturated rings. The van der Waals surface area contributed by atoms with Crippen molar-refractivity contribution >= 4 is 27.8 Å². The second kappa shape index (κ2) is 7.09. The summed E-state index contributed by atoms with van der Waals surface area (Å²) in [5.74, 6) is 2.17. The fraction of sp³-hybridized carbons (Fsp3) is 0.304. The number of nitrogens with one attached hydrogen (secondary N) is 2. The van der Waals surface area contributed by atoms with Gasteiger partial charge in [0.25, 0.3) is 5.91 Å². The molecule has 30 heavy (non-hydrogen) atoms. The van der Waals surface area contributed by atoms with Crippen molar-refractivity contribution < 1.29 is 14.3 Å². The molecule has 0 bridgehead atoms. The van der Waals surface area contributed by atoms with E-state index >= 15 is 0 Å². The highest BCUT2D eigenvalue weighted by molar-refractivity contribution is 6.01. The molecule has 4 aromatic rings. The van der Waals surface area contributed by atoms with Crippen LogP contribution in [-0.4, -0.2) is 46.5 Å². The first kappa shape index (κ1) is 18.5. The van der Waals surface area contributed by atoms with Crippen LogP contribution in [0.2, 0.25) is 0 Å². The molecule has 2 aromatic heterocycles. The van der Waals surface area contributed by atoms with E-state index in [1.165, 1.54) is 5.56 Å². The molecule has 1 atom stereocenters. The Morgan fingerprint density at radius 2 is 1.90 bits per heavy atom. The number of methoxy groups -OCH3 is 2. The number of hydrogen-bond acceptors (Lipinski definition) is 4. The van der Waals surface area contributed by atoms with E-state index in [1.807, 2.05) is 29.2 Å². The van der Waals surface area contributed by atoms with Crippen molar-refractivity contribution in [2.24, 2.45) is 0 Å². The maximum Gasteiger partial charge on any atom is 0.270 e. The number of H-pyrrole nitrogens is 2. The zero-order chi connectivity index (χ0) is 20.8. The van der Waals surface area contributed by atoms with Gasteiger partial charge in [0.15, 0.2) is 0 Å². The normalized spacial score (nSPS) is 16.5. The lowest BCUT2D eigenvalue weighted by molar-refractivity contribution is 0.0725. The van der Waals surface area contributed by atoms with Gasteiger partial charge in [0, 0.05) is 11.9 Å². The molecule has 1 saturated heterocycles. The zero-order valence-corrected chi connectivity index (χ0v) is 17.3. The Kier molecular flexibility index (Phi) is 4.38. The molecule has 1 aliphatic rings. The van der Waals surface area contributed by atoms with Gasteiger partial charge < -0.3 is 24.3 Å². The van der Waals surface area contributed by atoms with Crippen LogP contribution in [0, 0.1) is 6.92 Å². The Morgan fingerprint density at radius 3 is 2.70 bits per heavy atom. The Balaban J connectivity index is 1.51. The third kappa shape index (κ3) is 2.89. The molecule has 0 radical (unpaired) electrons. The summed E-state index contributed by atoms with van der Waals surface area (Å²) in [5, 5.41) is 0.829. The SMILES string of the molecule is COc1ccc(OC)c2[nH]c(C(=O)N3CCC[C@@H]3c3nc4ccc(C)cc4[nH]3)cc12. The van der Waals surface area contributed by atoms with Crippen LogP contribution in [0.5, 0.6) is 11.5 Å². The van der Waals surface area contributed by atoms with Crippen LogP contribution in [0.15, 0.2) is 36.4 Å². The number of rotatable bonds is 4. The smallest absolute Gasteiger partial charge is 0.270 e. The average molecular weight is 404 g/mol. The molecule has 7 heteroatoms. The van der Waals surface area contributed by atoms with Crippen molar-refractivity contribution in [2.75, 3.05) is 20.8 Å². The standard InChI is InChI=1S/C23H24N4O3/c1-13-6-7-15-16(11-13)26-22(25-15)18-5-4-10-27(18)23(28)17-12-14-19(29-2)8-9-20(30-3)21(14)24-17/h6-9,11-12,18,24H,4-5,10H2,1-3H3,(H,25,26)/t18-/m1/s1. The van der Waals surface area contributed by atoms with Crippen LogP contribution >= 0.6 is 0 Å². The van der Waals surface area contributed by atoms with E-state index in [0.717, 1.165) is 40.6 Å². The van der Waals surface area contributed by atoms with Gasteiger partial charge in [-0.2, -0.15) is 0 Å². The first-order valence-electron chi connectivity index (χ1n) is 10.1. The fourth-order valence-corrected chi connectivity index (χ4v) is 4.38. The van der Waals surface area contributed by atoms with Crippen LogP contribution in [0.25, 0.3) is 21.9 Å². The van der Waals surface area contributed by atoms with Gasteiger partial charge in [-0.15, -0.1) is 0 Å². The molecule has 0 aliphatic carbocycles. The number of hydrogen-bond donors (Lipinski definition) is 2. The van der Waals surface area contributed by atoms with Gasteiger partial charge >= 0.3 is 0 Å². The van der Waals surface area contributed by atoms with Crippen molar-refractivity contribution in [2.45, 2.75) is 25.8 Å². The van der Waals surface area contributed by atoms with Crippen molar-refractivity contribution in [3.8, 4) is 11.5 Å². The Morgan fingerprint density at radius 1 is 1.10 bits per heavy atom. The van der Waals surface area contributed by atoms with Crippen LogP contribution in [0.4, 0.5) is 0 Å². The number of likely N-dealkylation sites (tertiary alicyclic amines) is 1. The second-order valence-electron chi connectivity index (χ2n) is 7.74. The molecule has 5 rings (SSSR count). The largest absolute Gasteiger partial charge is 0.496 e. The van der Waals surface area contributed by atoms with E-state index in [4.69, 9.17) is 14.5 Å². The highest BCUT2D eigenvalue weighted by atomic mass is 16.5. The van der Waals surface area contributed by atoms with Crippen molar-refractivity contribution in [1.82, 2.24) is 19.9 Å². The molecular weight excluding hydrogens is 380 g/mol. The van der Waals surface area contributed by atoms with Gasteiger partial charge in [-0.3, -0.25) is 4.79 Å². The maximum absolute atomic E-state index is 13.4. The van der Waals surface area contributed by atoms with Gasteiger partial charge in [0.2, 0.25) is 0 Å². The fourth-order valence-electron chi connectivity index (χ4n) is 4.38. The zero-order valence-electron chi connectivity index (χ0n) is 17.3. The van der Waals surface area contributed by atoms with Gasteiger partial charge in [0.1, 0.15) is 23.0 Å². The molecule has 3 heterocycles. The summed E-state index contributed by atoms with van der Waals surface area (Å²) >= 11 is 0. The molecule has 7 nitrogen and oxygen atoms in total. The number of nitrogens with zero attached hydrogens (tertiary/aromatic N) is 2. The Hall–Kier alpha value is -3.48. The van der Waals surface area contributed by atoms with E-state index in [9.17, 15) is 4.79 Å². The number of fused-ring (bicyclic) bond motifs is 2. The van der Waals surface area contributed by atoms with Gasteiger partial charge in [0.05, 0.1) is 36.8 Å². The van der Waals surface area contributed by atoms with Gasteiger partial charge in [-0.1, -0.05) is 6.07 Å². The van der Waals surface area contributed by atoms with Crippen LogP contribution in [0.1, 0.15) is 40.8 Å². The van der Waals surface area contributed by atoms with Crippen molar-refractivity contribution in [3.05, 3.63) is 53.5 Å². The quantitative estimate of drug-likeness (QED) is 0.530. The Labute approximate surface area is 174 Å². The molecule has 2 N–H and O–H groups in total. The number of amides is 1. The lowest BCUT2D eigenvalue weighted by Crippen LogP contribution is -2.31. The molecule has 0 unspecified atom stereocenters. The summed E-state index contributed by atoms with van der Waals surface area (Å²) in [5.41, 5.74) is 4.39. The summed E-state index contributed by atoms with van der Waals surface area (Å²) in [4.78, 5) is 26.8. The lowest BCUT2D eigenvalue weighted by atomic mass is 10.2. The highest BCUT2D eigenvalue weighted by Crippen LogP contribution is 2.36. The molecule has 154 valence electrons. The second-order valence-corrected chi connectivity index (χ2v) is 7.74. The number of aryl methyl sites for hydroxylation is 1. The summed E-state index contributed by atoms with van der Waals surface area (Å²) < 4.78 is 10.9. The van der Waals surface area contributed by atoms with E-state index < -0.39 is 0 Å². The maximum atomic E-state index is 13.4. The third-order valence-corrected chi connectivity index (χ3v) is 5.87. The number of aromatic amines is 2. The number of imidazole rings is 1. The van der Waals surface area contributed by atoms with E-state index in [0.29, 0.717) is 23.7 Å². The topological polar surface area (TPSA) is 83.2 Å². The third-order valence-electron chi connectivity index (χ3n) is 5.87. The summed E-state index contributed by atoms with van der Waals surface area (Å²) in [6, 6.07) is 11.6. The minimum Gasteiger partial charge on any atom is -0.496 e. The number of aromatic nitrogens is 3. The van der Waals surface area contributed by atoms with Crippen LogP contribution in [0.3, 0.4) is 0 Å². The highest BCUT2D eigenvalue weighted by Gasteiger charge is 2.33. The molecule has 0 spiro atoms. The van der Waals surface area contributed by atoms with Gasteiger partial charge in [-0.25, -0.2) is 4.98 Å². The van der Waals surface area contributed by atoms with Crippen molar-refractivity contribution in [3.63, 3.8) is 0 Å². The van der Waals surface area contributed by atoms with E-state index in [-0.39, 0.29) is 11.9 Å². The number of carbonyl (C=O) groups excluding carboxylic acids is 1. The summed E-state index contributed by atoms with van der Waals surface area (Å²) in [6.45, 7) is 2.76. The lowest BCUT2D eigenvalue weighted by Gasteiger charge is -2.22. The molecule has 1 aliphatic heterocycles. The summed E-state index contributed by atoms with van der Waals surface area (Å²) in [6.07, 6.45) is 1.83. The minimum atomic E-state index is -0.0691. The van der Waals surface area contributed by atoms with E-state index in [1.54, 1.807) is 14.2 Å². The van der Waals surface area contributed by atoms with E-state index in [2.05, 4.69) is 29.0 Å². The predicted molar refractivity (Wildman–Crippen MR) is 115 cm³/mol. The minimum absolute atomic E-state index is 0.0468. The van der Waals surface area contributed by atoms with Crippen LogP contribution in [-0.2, 0) is 0 Å². The molecule has 0 saturated carbocycles. The summed E-state index contributed by atoms with van der Waals surface area (Å²) in [7, 11) is 3.24. The van der Waals surface area contributed by atoms with Gasteiger partial charge in [-0.05, 0) is 55.7 Å². The number of carbonyl (C=O) groups is 1. The molecule has 1 amide bonds.